The molecule has 4 aromatic rings. The number of halogens is 2. The Morgan fingerprint density at radius 2 is 1.88 bits per heavy atom. The summed E-state index contributed by atoms with van der Waals surface area (Å²) in [5, 5.41) is 11.0. The number of rotatable bonds is 8. The van der Waals surface area contributed by atoms with Crippen LogP contribution in [-0.2, 0) is 17.9 Å². The van der Waals surface area contributed by atoms with E-state index in [0.29, 0.717) is 46.6 Å². The predicted octanol–water partition coefficient (Wildman–Crippen LogP) is 4.72. The van der Waals surface area contributed by atoms with Crippen molar-refractivity contribution in [2.75, 3.05) is 10.6 Å². The summed E-state index contributed by atoms with van der Waals surface area (Å²) < 4.78 is 3.46. The first kappa shape index (κ1) is 22.6. The van der Waals surface area contributed by atoms with Gasteiger partial charge in [0.25, 0.3) is 5.91 Å². The third-order valence-corrected chi connectivity index (χ3v) is 5.45. The molecule has 2 aromatic carbocycles. The maximum atomic E-state index is 12.8. The first-order valence-electron chi connectivity index (χ1n) is 10.1. The van der Waals surface area contributed by atoms with Crippen molar-refractivity contribution in [2.45, 2.75) is 19.5 Å². The van der Waals surface area contributed by atoms with Crippen LogP contribution in [0.15, 0.2) is 73.4 Å². The van der Waals surface area contributed by atoms with E-state index in [1.165, 1.54) is 0 Å². The van der Waals surface area contributed by atoms with Gasteiger partial charge < -0.3 is 15.2 Å². The van der Waals surface area contributed by atoms with Crippen molar-refractivity contribution in [3.05, 3.63) is 94.6 Å². The fourth-order valence-electron chi connectivity index (χ4n) is 3.18. The molecule has 2 aromatic heterocycles. The number of hydrogen-bond donors (Lipinski definition) is 2. The second kappa shape index (κ2) is 10.3. The van der Waals surface area contributed by atoms with Crippen molar-refractivity contribution < 1.29 is 9.59 Å². The molecule has 10 heteroatoms. The van der Waals surface area contributed by atoms with Crippen LogP contribution in [0.1, 0.15) is 22.3 Å². The zero-order chi connectivity index (χ0) is 23.2. The molecule has 2 N–H and O–H groups in total. The first-order valence-corrected chi connectivity index (χ1v) is 10.9. The van der Waals surface area contributed by atoms with Gasteiger partial charge in [0, 0.05) is 52.7 Å². The molecule has 0 saturated heterocycles. The third-order valence-electron chi connectivity index (χ3n) is 4.86. The number of carbonyl (C=O) groups excluding carboxylic acids is 2. The van der Waals surface area contributed by atoms with Crippen LogP contribution in [-0.4, -0.2) is 31.1 Å². The predicted molar refractivity (Wildman–Crippen MR) is 128 cm³/mol. The first-order chi connectivity index (χ1) is 16.0. The minimum atomic E-state index is -0.325. The Labute approximate surface area is 200 Å². The number of imidazole rings is 1. The highest BCUT2D eigenvalue weighted by molar-refractivity contribution is 6.35. The lowest BCUT2D eigenvalue weighted by molar-refractivity contribution is -0.116. The van der Waals surface area contributed by atoms with Crippen LogP contribution in [0, 0.1) is 0 Å². The molecule has 0 aliphatic carbocycles. The number of anilines is 2. The highest BCUT2D eigenvalue weighted by atomic mass is 35.5. The summed E-state index contributed by atoms with van der Waals surface area (Å²) in [5.74, 6) is 0.0356. The van der Waals surface area contributed by atoms with Gasteiger partial charge in [-0.25, -0.2) is 9.67 Å². The average molecular weight is 483 g/mol. The summed E-state index contributed by atoms with van der Waals surface area (Å²) in [7, 11) is 0. The van der Waals surface area contributed by atoms with E-state index in [-0.39, 0.29) is 11.8 Å². The fraction of sp³-hybridized carbons (Fsp3) is 0.130. The van der Waals surface area contributed by atoms with Crippen molar-refractivity contribution in [3.8, 4) is 0 Å². The highest BCUT2D eigenvalue weighted by Gasteiger charge is 2.12. The molecular weight excluding hydrogens is 463 g/mol. The van der Waals surface area contributed by atoms with Gasteiger partial charge in [0.1, 0.15) is 5.82 Å². The van der Waals surface area contributed by atoms with E-state index in [2.05, 4.69) is 20.7 Å². The van der Waals surface area contributed by atoms with Crippen molar-refractivity contribution >= 4 is 46.5 Å². The number of amides is 2. The number of carbonyl (C=O) groups is 2. The Morgan fingerprint density at radius 3 is 2.67 bits per heavy atom. The molecule has 0 saturated carbocycles. The van der Waals surface area contributed by atoms with Crippen molar-refractivity contribution in [2.24, 2.45) is 0 Å². The normalized spacial score (nSPS) is 10.7. The lowest BCUT2D eigenvalue weighted by atomic mass is 10.2. The number of hydrogen-bond acceptors (Lipinski definition) is 4. The number of nitrogens with one attached hydrogen (secondary N) is 2. The summed E-state index contributed by atoms with van der Waals surface area (Å²) in [6, 6.07) is 13.7. The summed E-state index contributed by atoms with van der Waals surface area (Å²) in [4.78, 5) is 29.0. The monoisotopic (exact) mass is 482 g/mol. The van der Waals surface area contributed by atoms with Crippen molar-refractivity contribution in [1.82, 2.24) is 19.3 Å². The van der Waals surface area contributed by atoms with E-state index in [9.17, 15) is 9.59 Å². The molecule has 0 bridgehead atoms. The molecule has 2 heterocycles. The Hall–Kier alpha value is -3.62. The Balaban J connectivity index is 1.39. The highest BCUT2D eigenvalue weighted by Crippen LogP contribution is 2.23. The molecule has 168 valence electrons. The number of nitrogens with zero attached hydrogens (tertiary/aromatic N) is 4. The van der Waals surface area contributed by atoms with Gasteiger partial charge in [-0.2, -0.15) is 5.10 Å². The van der Waals surface area contributed by atoms with Crippen molar-refractivity contribution in [1.29, 1.82) is 0 Å². The summed E-state index contributed by atoms with van der Waals surface area (Å²) >= 11 is 12.2. The van der Waals surface area contributed by atoms with Gasteiger partial charge >= 0.3 is 0 Å². The molecule has 0 aliphatic heterocycles. The molecular formula is C23H20Cl2N6O2. The van der Waals surface area contributed by atoms with Crippen LogP contribution in [0.4, 0.5) is 11.5 Å². The minimum Gasteiger partial charge on any atom is -0.337 e. The van der Waals surface area contributed by atoms with E-state index in [4.69, 9.17) is 23.2 Å². The standard InChI is InChI=1S/C23H20Cl2N6O2/c24-18-5-4-17(20(25)13-18)14-31-21(6-8-27-31)29-23(33)16-2-1-3-19(12-16)28-22(32)7-10-30-11-9-26-15-30/h1-6,8-9,11-13,15H,7,10,14H2,(H,28,32)(H,29,33). The maximum Gasteiger partial charge on any atom is 0.256 e. The van der Waals surface area contributed by atoms with E-state index in [1.54, 1.807) is 72.1 Å². The van der Waals surface area contributed by atoms with Gasteiger partial charge in [0.15, 0.2) is 0 Å². The van der Waals surface area contributed by atoms with Crippen LogP contribution in [0.25, 0.3) is 0 Å². The lowest BCUT2D eigenvalue weighted by Gasteiger charge is -2.11. The van der Waals surface area contributed by atoms with Crippen LogP contribution >= 0.6 is 23.2 Å². The summed E-state index contributed by atoms with van der Waals surface area (Å²) in [5.41, 5.74) is 1.76. The molecule has 0 atom stereocenters. The molecule has 0 unspecified atom stereocenters. The largest absolute Gasteiger partial charge is 0.337 e. The molecule has 0 fully saturated rings. The van der Waals surface area contributed by atoms with E-state index < -0.39 is 0 Å². The fourth-order valence-corrected chi connectivity index (χ4v) is 3.64. The quantitative estimate of drug-likeness (QED) is 0.380. The second-order valence-corrected chi connectivity index (χ2v) is 8.09. The minimum absolute atomic E-state index is 0.154. The smallest absolute Gasteiger partial charge is 0.256 e. The Kier molecular flexibility index (Phi) is 7.07. The number of aryl methyl sites for hydroxylation is 1. The number of aromatic nitrogens is 4. The molecule has 33 heavy (non-hydrogen) atoms. The van der Waals surface area contributed by atoms with Gasteiger partial charge in [0.2, 0.25) is 5.91 Å². The van der Waals surface area contributed by atoms with Gasteiger partial charge in [-0.3, -0.25) is 9.59 Å². The third kappa shape index (κ3) is 6.00. The Morgan fingerprint density at radius 1 is 1.00 bits per heavy atom. The van der Waals surface area contributed by atoms with E-state index >= 15 is 0 Å². The van der Waals surface area contributed by atoms with Gasteiger partial charge in [-0.1, -0.05) is 35.3 Å². The zero-order valence-electron chi connectivity index (χ0n) is 17.4. The van der Waals surface area contributed by atoms with Crippen LogP contribution < -0.4 is 10.6 Å². The van der Waals surface area contributed by atoms with Crippen molar-refractivity contribution in [3.63, 3.8) is 0 Å². The molecule has 2 amide bonds. The second-order valence-electron chi connectivity index (χ2n) is 7.24. The van der Waals surface area contributed by atoms with Crippen LogP contribution in [0.3, 0.4) is 0 Å². The summed E-state index contributed by atoms with van der Waals surface area (Å²) in [6.45, 7) is 0.888. The average Bonchev–Trinajstić information content (AvgIpc) is 3.47. The topological polar surface area (TPSA) is 93.8 Å². The maximum absolute atomic E-state index is 12.8. The van der Waals surface area contributed by atoms with Crippen LogP contribution in [0.5, 0.6) is 0 Å². The number of benzene rings is 2. The van der Waals surface area contributed by atoms with E-state index in [1.807, 2.05) is 10.6 Å². The summed E-state index contributed by atoms with van der Waals surface area (Å²) in [6.07, 6.45) is 7.00. The zero-order valence-corrected chi connectivity index (χ0v) is 18.9. The van der Waals surface area contributed by atoms with E-state index in [0.717, 1.165) is 5.56 Å². The van der Waals surface area contributed by atoms with Gasteiger partial charge in [-0.15, -0.1) is 0 Å². The molecule has 0 spiro atoms. The van der Waals surface area contributed by atoms with Gasteiger partial charge in [-0.05, 0) is 35.9 Å². The lowest BCUT2D eigenvalue weighted by Crippen LogP contribution is -2.17. The van der Waals surface area contributed by atoms with Gasteiger partial charge in [0.05, 0.1) is 19.1 Å². The molecule has 8 nitrogen and oxygen atoms in total. The Bertz CT molecular complexity index is 1270. The molecule has 0 aliphatic rings. The SMILES string of the molecule is O=C(CCn1ccnc1)Nc1cccc(C(=O)Nc2ccnn2Cc2ccc(Cl)cc2Cl)c1. The van der Waals surface area contributed by atoms with Crippen LogP contribution in [0.2, 0.25) is 10.0 Å². The molecule has 4 rings (SSSR count). The molecule has 0 radical (unpaired) electrons.